The molecule has 0 fully saturated rings. The summed E-state index contributed by atoms with van der Waals surface area (Å²) in [6, 6.07) is 11.3. The maximum Gasteiger partial charge on any atom is 0.335 e. The summed E-state index contributed by atoms with van der Waals surface area (Å²) in [6.45, 7) is 0. The van der Waals surface area contributed by atoms with E-state index in [0.717, 1.165) is 10.9 Å². The molecule has 3 N–H and O–H groups in total. The monoisotopic (exact) mass is 281 g/mol. The molecule has 21 heavy (non-hydrogen) atoms. The van der Waals surface area contributed by atoms with E-state index in [4.69, 9.17) is 5.11 Å². The normalized spacial score (nSPS) is 10.5. The zero-order chi connectivity index (χ0) is 14.8. The number of carboxylic acid groups (broad SMARTS) is 1. The number of hydrogen-bond donors (Lipinski definition) is 3. The molecular weight excluding hydrogens is 270 g/mol. The summed E-state index contributed by atoms with van der Waals surface area (Å²) in [6.07, 6.45) is 1.67. The molecule has 1 heterocycles. The quantitative estimate of drug-likeness (QED) is 0.687. The van der Waals surface area contributed by atoms with Crippen LogP contribution >= 0.6 is 0 Å². The first-order chi connectivity index (χ1) is 10.1. The van der Waals surface area contributed by atoms with Crippen LogP contribution in [0.2, 0.25) is 0 Å². The van der Waals surface area contributed by atoms with Gasteiger partial charge in [0.2, 0.25) is 0 Å². The molecule has 3 rings (SSSR count). The molecule has 0 aliphatic carbocycles. The van der Waals surface area contributed by atoms with Crippen molar-refractivity contribution in [3.63, 3.8) is 0 Å². The van der Waals surface area contributed by atoms with E-state index in [1.54, 1.807) is 36.5 Å². The van der Waals surface area contributed by atoms with Crippen LogP contribution in [0.15, 0.2) is 48.7 Å². The van der Waals surface area contributed by atoms with Crippen LogP contribution in [0.1, 0.15) is 20.7 Å². The predicted octanol–water partition coefficient (Wildman–Crippen LogP) is 2.51. The number of carbonyl (C=O) groups excluding carboxylic acids is 1. The van der Waals surface area contributed by atoms with Crippen LogP contribution in [0.5, 0.6) is 0 Å². The van der Waals surface area contributed by atoms with Gasteiger partial charge in [-0.1, -0.05) is 12.1 Å². The minimum absolute atomic E-state index is 0.122. The molecule has 3 aromatic rings. The smallest absolute Gasteiger partial charge is 0.335 e. The van der Waals surface area contributed by atoms with Gasteiger partial charge < -0.3 is 10.4 Å². The average molecular weight is 281 g/mol. The van der Waals surface area contributed by atoms with Gasteiger partial charge in [-0.3, -0.25) is 9.89 Å². The van der Waals surface area contributed by atoms with Crippen molar-refractivity contribution in [2.45, 2.75) is 0 Å². The number of aromatic nitrogens is 2. The Balaban J connectivity index is 1.85. The highest BCUT2D eigenvalue weighted by Crippen LogP contribution is 2.16. The number of benzene rings is 2. The first kappa shape index (κ1) is 12.9. The first-order valence-electron chi connectivity index (χ1n) is 6.21. The highest BCUT2D eigenvalue weighted by atomic mass is 16.4. The number of hydrogen-bond acceptors (Lipinski definition) is 3. The van der Waals surface area contributed by atoms with Crippen molar-refractivity contribution in [1.82, 2.24) is 10.2 Å². The minimum Gasteiger partial charge on any atom is -0.478 e. The topological polar surface area (TPSA) is 95.1 Å². The second-order valence-corrected chi connectivity index (χ2v) is 4.51. The molecule has 0 bridgehead atoms. The zero-order valence-electron chi connectivity index (χ0n) is 10.8. The fourth-order valence-electron chi connectivity index (χ4n) is 2.01. The highest BCUT2D eigenvalue weighted by molar-refractivity contribution is 6.06. The average Bonchev–Trinajstić information content (AvgIpc) is 2.94. The summed E-state index contributed by atoms with van der Waals surface area (Å²) >= 11 is 0. The third kappa shape index (κ3) is 2.59. The van der Waals surface area contributed by atoms with E-state index in [9.17, 15) is 9.59 Å². The van der Waals surface area contributed by atoms with Gasteiger partial charge in [-0.15, -0.1) is 0 Å². The van der Waals surface area contributed by atoms with Crippen molar-refractivity contribution >= 4 is 28.5 Å². The largest absolute Gasteiger partial charge is 0.478 e. The molecule has 0 saturated heterocycles. The Bertz CT molecular complexity index is 839. The van der Waals surface area contributed by atoms with Crippen LogP contribution in [0, 0.1) is 0 Å². The number of amides is 1. The van der Waals surface area contributed by atoms with Crippen molar-refractivity contribution in [3.8, 4) is 0 Å². The molecule has 1 aromatic heterocycles. The number of carboxylic acids is 1. The lowest BCUT2D eigenvalue weighted by atomic mass is 10.1. The summed E-state index contributed by atoms with van der Waals surface area (Å²) < 4.78 is 0. The van der Waals surface area contributed by atoms with Gasteiger partial charge in [-0.05, 0) is 30.3 Å². The number of nitrogens with zero attached hydrogens (tertiary/aromatic N) is 1. The molecule has 1 amide bonds. The number of aromatic carboxylic acids is 1. The molecule has 6 heteroatoms. The molecule has 0 aliphatic heterocycles. The molecule has 0 radical (unpaired) electrons. The lowest BCUT2D eigenvalue weighted by molar-refractivity contribution is 0.0696. The van der Waals surface area contributed by atoms with E-state index in [-0.39, 0.29) is 11.5 Å². The van der Waals surface area contributed by atoms with Crippen LogP contribution < -0.4 is 5.32 Å². The lowest BCUT2D eigenvalue weighted by Crippen LogP contribution is -2.12. The van der Waals surface area contributed by atoms with E-state index in [1.165, 1.54) is 12.1 Å². The van der Waals surface area contributed by atoms with Gasteiger partial charge in [-0.2, -0.15) is 5.10 Å². The Morgan fingerprint density at radius 2 is 1.95 bits per heavy atom. The SMILES string of the molecule is O=C(O)c1cccc(NC(=O)c2ccc3cn[nH]c3c2)c1. The van der Waals surface area contributed by atoms with Gasteiger partial charge >= 0.3 is 5.97 Å². The Kier molecular flexibility index (Phi) is 3.12. The van der Waals surface area contributed by atoms with E-state index in [1.807, 2.05) is 0 Å². The summed E-state index contributed by atoms with van der Waals surface area (Å²) in [7, 11) is 0. The van der Waals surface area contributed by atoms with E-state index >= 15 is 0 Å². The zero-order valence-corrected chi connectivity index (χ0v) is 10.8. The van der Waals surface area contributed by atoms with E-state index < -0.39 is 5.97 Å². The standard InChI is InChI=1S/C15H11N3O3/c19-14(9-4-5-11-8-16-18-13(11)7-9)17-12-3-1-2-10(6-12)15(20)21/h1-8H,(H,16,18)(H,17,19)(H,20,21). The third-order valence-electron chi connectivity index (χ3n) is 3.07. The fraction of sp³-hybridized carbons (Fsp3) is 0. The number of H-pyrrole nitrogens is 1. The number of fused-ring (bicyclic) bond motifs is 1. The molecule has 0 saturated carbocycles. The number of anilines is 1. The van der Waals surface area contributed by atoms with Gasteiger partial charge in [0, 0.05) is 16.6 Å². The maximum absolute atomic E-state index is 12.2. The number of nitrogens with one attached hydrogen (secondary N) is 2. The third-order valence-corrected chi connectivity index (χ3v) is 3.07. The minimum atomic E-state index is -1.04. The molecule has 2 aromatic carbocycles. The second kappa shape index (κ2) is 5.09. The molecule has 0 spiro atoms. The summed E-state index contributed by atoms with van der Waals surface area (Å²) in [5.74, 6) is -1.35. The molecule has 0 aliphatic rings. The molecule has 104 valence electrons. The lowest BCUT2D eigenvalue weighted by Gasteiger charge is -2.06. The predicted molar refractivity (Wildman–Crippen MR) is 77.4 cm³/mol. The van der Waals surface area contributed by atoms with Gasteiger partial charge in [-0.25, -0.2) is 4.79 Å². The highest BCUT2D eigenvalue weighted by Gasteiger charge is 2.09. The van der Waals surface area contributed by atoms with Crippen molar-refractivity contribution in [3.05, 3.63) is 59.8 Å². The Hall–Kier alpha value is -3.15. The van der Waals surface area contributed by atoms with Crippen molar-refractivity contribution in [2.24, 2.45) is 0 Å². The van der Waals surface area contributed by atoms with Gasteiger partial charge in [0.25, 0.3) is 5.91 Å². The van der Waals surface area contributed by atoms with Crippen molar-refractivity contribution in [1.29, 1.82) is 0 Å². The van der Waals surface area contributed by atoms with Gasteiger partial charge in [0.1, 0.15) is 0 Å². The molecule has 6 nitrogen and oxygen atoms in total. The molecule has 0 unspecified atom stereocenters. The maximum atomic E-state index is 12.2. The summed E-state index contributed by atoms with van der Waals surface area (Å²) in [5.41, 5.74) is 1.79. The number of aromatic amines is 1. The Morgan fingerprint density at radius 3 is 2.76 bits per heavy atom. The van der Waals surface area contributed by atoms with Gasteiger partial charge in [0.15, 0.2) is 0 Å². The number of rotatable bonds is 3. The summed E-state index contributed by atoms with van der Waals surface area (Å²) in [4.78, 5) is 23.1. The van der Waals surface area contributed by atoms with Crippen LogP contribution in [0.25, 0.3) is 10.9 Å². The summed E-state index contributed by atoms with van der Waals surface area (Å²) in [5, 5.41) is 19.2. The van der Waals surface area contributed by atoms with Crippen LogP contribution in [-0.2, 0) is 0 Å². The number of carbonyl (C=O) groups is 2. The Morgan fingerprint density at radius 1 is 1.10 bits per heavy atom. The van der Waals surface area contributed by atoms with Crippen LogP contribution in [-0.4, -0.2) is 27.2 Å². The van der Waals surface area contributed by atoms with Crippen molar-refractivity contribution < 1.29 is 14.7 Å². The van der Waals surface area contributed by atoms with E-state index in [0.29, 0.717) is 11.3 Å². The van der Waals surface area contributed by atoms with E-state index in [2.05, 4.69) is 15.5 Å². The molecule has 0 atom stereocenters. The van der Waals surface area contributed by atoms with Crippen LogP contribution in [0.4, 0.5) is 5.69 Å². The van der Waals surface area contributed by atoms with Crippen molar-refractivity contribution in [2.75, 3.05) is 5.32 Å². The Labute approximate surface area is 119 Å². The first-order valence-corrected chi connectivity index (χ1v) is 6.21. The second-order valence-electron chi connectivity index (χ2n) is 4.51. The van der Waals surface area contributed by atoms with Crippen LogP contribution in [0.3, 0.4) is 0 Å². The molecular formula is C15H11N3O3. The van der Waals surface area contributed by atoms with Gasteiger partial charge in [0.05, 0.1) is 17.3 Å². The fourth-order valence-corrected chi connectivity index (χ4v) is 2.01.